The van der Waals surface area contributed by atoms with Crippen molar-refractivity contribution in [2.45, 2.75) is 6.10 Å². The average molecular weight is 267 g/mol. The number of nitrogens with zero attached hydrogens (tertiary/aromatic N) is 1. The van der Waals surface area contributed by atoms with Crippen molar-refractivity contribution >= 4 is 0 Å². The first-order valence-electron chi connectivity index (χ1n) is 6.44. The lowest BCUT2D eigenvalue weighted by molar-refractivity contribution is 0.0143. The number of hydrogen-bond acceptors (Lipinski definition) is 5. The highest BCUT2D eigenvalue weighted by molar-refractivity contribution is 5.43. The van der Waals surface area contributed by atoms with Gasteiger partial charge in [0.2, 0.25) is 0 Å². The van der Waals surface area contributed by atoms with E-state index in [0.29, 0.717) is 18.0 Å². The largest absolute Gasteiger partial charge is 0.493 e. The van der Waals surface area contributed by atoms with Crippen LogP contribution < -0.4 is 9.47 Å². The first-order chi connectivity index (χ1) is 9.24. The zero-order chi connectivity index (χ0) is 13.7. The van der Waals surface area contributed by atoms with Crippen molar-refractivity contribution in [1.82, 2.24) is 4.90 Å². The smallest absolute Gasteiger partial charge is 0.161 e. The number of rotatable bonds is 5. The van der Waals surface area contributed by atoms with Gasteiger partial charge in [-0.1, -0.05) is 6.07 Å². The van der Waals surface area contributed by atoms with Crippen molar-refractivity contribution in [3.8, 4) is 11.5 Å². The van der Waals surface area contributed by atoms with Gasteiger partial charge in [-0.25, -0.2) is 0 Å². The molecule has 0 aromatic heterocycles. The third-order valence-electron chi connectivity index (χ3n) is 3.33. The summed E-state index contributed by atoms with van der Waals surface area (Å²) in [7, 11) is 3.19. The molecule has 0 spiro atoms. The number of benzene rings is 1. The molecule has 1 saturated heterocycles. The number of ether oxygens (including phenoxy) is 3. The Hall–Kier alpha value is -1.30. The van der Waals surface area contributed by atoms with Gasteiger partial charge >= 0.3 is 0 Å². The number of aliphatic hydroxyl groups excluding tert-OH is 1. The van der Waals surface area contributed by atoms with E-state index in [1.807, 2.05) is 18.2 Å². The quantitative estimate of drug-likeness (QED) is 0.865. The van der Waals surface area contributed by atoms with Crippen LogP contribution in [0, 0.1) is 0 Å². The number of aliphatic hydroxyl groups is 1. The Morgan fingerprint density at radius 3 is 2.53 bits per heavy atom. The van der Waals surface area contributed by atoms with E-state index >= 15 is 0 Å². The van der Waals surface area contributed by atoms with E-state index in [0.717, 1.165) is 31.9 Å². The Morgan fingerprint density at radius 2 is 1.89 bits per heavy atom. The van der Waals surface area contributed by atoms with Crippen LogP contribution in [0.2, 0.25) is 0 Å². The van der Waals surface area contributed by atoms with Crippen LogP contribution in [-0.2, 0) is 4.74 Å². The Kier molecular flexibility index (Phi) is 5.01. The molecule has 2 rings (SSSR count). The summed E-state index contributed by atoms with van der Waals surface area (Å²) >= 11 is 0. The van der Waals surface area contributed by atoms with Crippen molar-refractivity contribution in [2.75, 3.05) is 47.1 Å². The van der Waals surface area contributed by atoms with Crippen molar-refractivity contribution in [1.29, 1.82) is 0 Å². The van der Waals surface area contributed by atoms with Gasteiger partial charge in [-0.05, 0) is 17.7 Å². The van der Waals surface area contributed by atoms with Gasteiger partial charge in [-0.2, -0.15) is 0 Å². The molecule has 0 saturated carbocycles. The molecule has 0 aliphatic carbocycles. The minimum Gasteiger partial charge on any atom is -0.493 e. The Labute approximate surface area is 113 Å². The standard InChI is InChI=1S/C14H21NO4/c1-17-13-4-3-11(9-14(13)18-2)12(16)10-15-5-7-19-8-6-15/h3-4,9,12,16H,5-8,10H2,1-2H3/t12-/m1/s1. The van der Waals surface area contributed by atoms with Crippen LogP contribution >= 0.6 is 0 Å². The van der Waals surface area contributed by atoms with Crippen molar-refractivity contribution in [3.05, 3.63) is 23.8 Å². The molecule has 1 aliphatic heterocycles. The fraction of sp³-hybridized carbons (Fsp3) is 0.571. The second kappa shape index (κ2) is 6.75. The SMILES string of the molecule is COc1ccc([C@H](O)CN2CCOCC2)cc1OC. The summed E-state index contributed by atoms with van der Waals surface area (Å²) in [5.74, 6) is 1.31. The monoisotopic (exact) mass is 267 g/mol. The Bertz CT molecular complexity index is 404. The maximum atomic E-state index is 10.3. The van der Waals surface area contributed by atoms with Gasteiger partial charge in [0.15, 0.2) is 11.5 Å². The predicted octanol–water partition coefficient (Wildman–Crippen LogP) is 1.07. The molecule has 1 aromatic rings. The normalized spacial score (nSPS) is 18.1. The summed E-state index contributed by atoms with van der Waals surface area (Å²) in [5.41, 5.74) is 0.837. The summed E-state index contributed by atoms with van der Waals surface area (Å²) in [4.78, 5) is 2.20. The molecule has 0 amide bonds. The highest BCUT2D eigenvalue weighted by atomic mass is 16.5. The zero-order valence-corrected chi connectivity index (χ0v) is 11.5. The lowest BCUT2D eigenvalue weighted by atomic mass is 10.1. The van der Waals surface area contributed by atoms with E-state index in [1.165, 1.54) is 0 Å². The highest BCUT2D eigenvalue weighted by Crippen LogP contribution is 2.30. The number of hydrogen-bond donors (Lipinski definition) is 1. The fourth-order valence-corrected chi connectivity index (χ4v) is 2.19. The van der Waals surface area contributed by atoms with Crippen molar-refractivity contribution in [2.24, 2.45) is 0 Å². The summed E-state index contributed by atoms with van der Waals surface area (Å²) < 4.78 is 15.7. The molecule has 19 heavy (non-hydrogen) atoms. The maximum Gasteiger partial charge on any atom is 0.161 e. The summed E-state index contributed by atoms with van der Waals surface area (Å²) in [6.07, 6.45) is -0.530. The number of methoxy groups -OCH3 is 2. The van der Waals surface area contributed by atoms with Crippen LogP contribution in [0.5, 0.6) is 11.5 Å². The minimum atomic E-state index is -0.530. The molecular formula is C14H21NO4. The van der Waals surface area contributed by atoms with Crippen molar-refractivity contribution in [3.63, 3.8) is 0 Å². The maximum absolute atomic E-state index is 10.3. The van der Waals surface area contributed by atoms with Crippen molar-refractivity contribution < 1.29 is 19.3 Å². The third kappa shape index (κ3) is 3.59. The van der Waals surface area contributed by atoms with Gasteiger partial charge in [0.05, 0.1) is 33.5 Å². The number of β-amino-alcohol motifs (C(OH)–C–C–N with tert-alkyl or cyclic N) is 1. The molecule has 0 radical (unpaired) electrons. The zero-order valence-electron chi connectivity index (χ0n) is 11.5. The summed E-state index contributed by atoms with van der Waals surface area (Å²) in [5, 5.41) is 10.3. The molecule has 1 aromatic carbocycles. The lowest BCUT2D eigenvalue weighted by Gasteiger charge is -2.28. The lowest BCUT2D eigenvalue weighted by Crippen LogP contribution is -2.38. The summed E-state index contributed by atoms with van der Waals surface area (Å²) in [6.45, 7) is 3.81. The van der Waals surface area contributed by atoms with E-state index in [2.05, 4.69) is 4.90 Å². The van der Waals surface area contributed by atoms with E-state index in [4.69, 9.17) is 14.2 Å². The van der Waals surface area contributed by atoms with Gasteiger partial charge < -0.3 is 19.3 Å². The van der Waals surface area contributed by atoms with Crippen LogP contribution in [0.4, 0.5) is 0 Å². The predicted molar refractivity (Wildman–Crippen MR) is 71.8 cm³/mol. The molecular weight excluding hydrogens is 246 g/mol. The molecule has 106 valence electrons. The van der Waals surface area contributed by atoms with Crippen LogP contribution in [0.3, 0.4) is 0 Å². The molecule has 1 aliphatic rings. The Morgan fingerprint density at radius 1 is 1.21 bits per heavy atom. The topological polar surface area (TPSA) is 51.2 Å². The first kappa shape index (κ1) is 14.1. The second-order valence-corrected chi connectivity index (χ2v) is 4.54. The molecule has 1 fully saturated rings. The molecule has 5 heteroatoms. The van der Waals surface area contributed by atoms with Crippen LogP contribution in [0.15, 0.2) is 18.2 Å². The molecule has 1 atom stereocenters. The summed E-state index contributed by atoms with van der Waals surface area (Å²) in [6, 6.07) is 5.51. The van der Waals surface area contributed by atoms with E-state index in [1.54, 1.807) is 14.2 Å². The average Bonchev–Trinajstić information content (AvgIpc) is 2.47. The van der Waals surface area contributed by atoms with E-state index in [9.17, 15) is 5.11 Å². The van der Waals surface area contributed by atoms with E-state index in [-0.39, 0.29) is 0 Å². The molecule has 1 N–H and O–H groups in total. The molecule has 1 heterocycles. The van der Waals surface area contributed by atoms with Crippen LogP contribution in [-0.4, -0.2) is 57.1 Å². The van der Waals surface area contributed by atoms with Gasteiger partial charge in [0.25, 0.3) is 0 Å². The Balaban J connectivity index is 2.03. The van der Waals surface area contributed by atoms with E-state index < -0.39 is 6.10 Å². The third-order valence-corrected chi connectivity index (χ3v) is 3.33. The first-order valence-corrected chi connectivity index (χ1v) is 6.44. The molecule has 0 bridgehead atoms. The highest BCUT2D eigenvalue weighted by Gasteiger charge is 2.17. The number of morpholine rings is 1. The second-order valence-electron chi connectivity index (χ2n) is 4.54. The fourth-order valence-electron chi connectivity index (χ4n) is 2.19. The van der Waals surface area contributed by atoms with Gasteiger partial charge in [0, 0.05) is 19.6 Å². The van der Waals surface area contributed by atoms with Gasteiger partial charge in [-0.3, -0.25) is 4.90 Å². The van der Waals surface area contributed by atoms with Gasteiger partial charge in [0.1, 0.15) is 0 Å². The minimum absolute atomic E-state index is 0.530. The van der Waals surface area contributed by atoms with Crippen LogP contribution in [0.1, 0.15) is 11.7 Å². The van der Waals surface area contributed by atoms with Gasteiger partial charge in [-0.15, -0.1) is 0 Å². The van der Waals surface area contributed by atoms with Crippen LogP contribution in [0.25, 0.3) is 0 Å². The molecule has 5 nitrogen and oxygen atoms in total. The molecule has 0 unspecified atom stereocenters.